The number of fused-ring (bicyclic) bond motifs is 1. The molecule has 0 fully saturated rings. The Kier molecular flexibility index (Phi) is 8.00. The summed E-state index contributed by atoms with van der Waals surface area (Å²) in [5, 5.41) is 25.8. The van der Waals surface area contributed by atoms with Crippen LogP contribution in [0.2, 0.25) is 0 Å². The van der Waals surface area contributed by atoms with E-state index in [1.165, 1.54) is 19.1 Å². The number of aryl methyl sites for hydroxylation is 1. The maximum atomic E-state index is 11.5. The minimum atomic E-state index is -0.463. The smallest absolute Gasteiger partial charge is 0.270 e. The maximum absolute atomic E-state index is 11.5. The van der Waals surface area contributed by atoms with Gasteiger partial charge >= 0.3 is 0 Å². The molecule has 41 heavy (non-hydrogen) atoms. The number of nitro benzene ring substituents is 1. The monoisotopic (exact) mass is 548 g/mol. The molecule has 10 heteroatoms. The molecule has 0 spiro atoms. The Morgan fingerprint density at radius 1 is 1.10 bits per heavy atom. The van der Waals surface area contributed by atoms with E-state index in [1.807, 2.05) is 60.7 Å². The van der Waals surface area contributed by atoms with E-state index in [2.05, 4.69) is 20.3 Å². The highest BCUT2D eigenvalue weighted by molar-refractivity contribution is 6.22. The molecule has 0 aliphatic carbocycles. The first-order chi connectivity index (χ1) is 19.9. The summed E-state index contributed by atoms with van der Waals surface area (Å²) in [6.07, 6.45) is 8.81. The predicted molar refractivity (Wildman–Crippen MR) is 159 cm³/mol. The normalized spacial score (nSPS) is 11.8. The van der Waals surface area contributed by atoms with Gasteiger partial charge in [0.05, 0.1) is 40.1 Å². The zero-order valence-corrected chi connectivity index (χ0v) is 22.3. The third-order valence-electron chi connectivity index (χ3n) is 6.56. The average Bonchev–Trinajstić information content (AvgIpc) is 3.60. The van der Waals surface area contributed by atoms with Crippen molar-refractivity contribution in [2.45, 2.75) is 19.8 Å². The van der Waals surface area contributed by atoms with Gasteiger partial charge in [-0.05, 0) is 48.2 Å². The van der Waals surface area contributed by atoms with Crippen molar-refractivity contribution in [1.29, 1.82) is 0 Å². The van der Waals surface area contributed by atoms with Crippen molar-refractivity contribution in [2.24, 2.45) is 4.99 Å². The summed E-state index contributed by atoms with van der Waals surface area (Å²) in [5.74, 6) is -0.181. The summed E-state index contributed by atoms with van der Waals surface area (Å²) >= 11 is 0. The lowest BCUT2D eigenvalue weighted by Gasteiger charge is -2.10. The number of aliphatic imine (C=N–C) groups is 1. The fourth-order valence-corrected chi connectivity index (χ4v) is 4.50. The quantitative estimate of drug-likeness (QED) is 0.0740. The van der Waals surface area contributed by atoms with Gasteiger partial charge in [0.15, 0.2) is 5.88 Å². The van der Waals surface area contributed by atoms with Crippen LogP contribution in [0.1, 0.15) is 41.3 Å². The molecule has 0 unspecified atom stereocenters. The molecule has 0 bridgehead atoms. The van der Waals surface area contributed by atoms with Gasteiger partial charge in [-0.25, -0.2) is 9.98 Å². The molecule has 0 saturated carbocycles. The topological polar surface area (TPSA) is 149 Å². The SMILES string of the molecule is CC(=O)NCCCc1ccc(C(=Nc2ccc(C=Cc3cnc[nH]3)cc2)c2c(O)[nH]c3ccc([N+](=O)[O-])cc23)cc1. The Morgan fingerprint density at radius 2 is 1.88 bits per heavy atom. The van der Waals surface area contributed by atoms with Crippen LogP contribution in [0.3, 0.4) is 0 Å². The molecule has 4 N–H and O–H groups in total. The number of nitrogens with one attached hydrogen (secondary N) is 3. The molecule has 206 valence electrons. The number of nitrogens with zero attached hydrogens (tertiary/aromatic N) is 3. The first kappa shape index (κ1) is 27.1. The van der Waals surface area contributed by atoms with Crippen LogP contribution < -0.4 is 5.32 Å². The Bertz CT molecular complexity index is 1730. The number of nitro groups is 1. The highest BCUT2D eigenvalue weighted by Crippen LogP contribution is 2.34. The number of carbonyl (C=O) groups is 1. The largest absolute Gasteiger partial charge is 0.494 e. The molecule has 0 aliphatic rings. The van der Waals surface area contributed by atoms with Crippen molar-refractivity contribution in [3.05, 3.63) is 117 Å². The van der Waals surface area contributed by atoms with Crippen LogP contribution >= 0.6 is 0 Å². The second-order valence-electron chi connectivity index (χ2n) is 9.51. The van der Waals surface area contributed by atoms with E-state index in [0.717, 1.165) is 35.2 Å². The molecule has 5 aromatic rings. The highest BCUT2D eigenvalue weighted by atomic mass is 16.6. The number of hydrogen-bond acceptors (Lipinski definition) is 6. The van der Waals surface area contributed by atoms with Gasteiger partial charge in [-0.15, -0.1) is 0 Å². The Hall–Kier alpha value is -5.51. The van der Waals surface area contributed by atoms with Crippen molar-refractivity contribution in [3.8, 4) is 5.88 Å². The summed E-state index contributed by atoms with van der Waals surface area (Å²) in [4.78, 5) is 37.0. The van der Waals surface area contributed by atoms with Crippen LogP contribution in [-0.4, -0.2) is 43.1 Å². The summed E-state index contributed by atoms with van der Waals surface area (Å²) in [6, 6.07) is 19.8. The molecule has 3 aromatic carbocycles. The minimum absolute atomic E-state index is 0.0538. The number of imidazole rings is 1. The maximum Gasteiger partial charge on any atom is 0.270 e. The van der Waals surface area contributed by atoms with Gasteiger partial charge in [0, 0.05) is 42.1 Å². The third-order valence-corrected chi connectivity index (χ3v) is 6.56. The van der Waals surface area contributed by atoms with Crippen LogP contribution in [0.25, 0.3) is 23.1 Å². The molecular weight excluding hydrogens is 520 g/mol. The minimum Gasteiger partial charge on any atom is -0.494 e. The summed E-state index contributed by atoms with van der Waals surface area (Å²) in [7, 11) is 0. The van der Waals surface area contributed by atoms with Crippen LogP contribution in [0, 0.1) is 10.1 Å². The highest BCUT2D eigenvalue weighted by Gasteiger charge is 2.21. The summed E-state index contributed by atoms with van der Waals surface area (Å²) in [6.45, 7) is 2.09. The van der Waals surface area contributed by atoms with Crippen LogP contribution in [0.4, 0.5) is 11.4 Å². The van der Waals surface area contributed by atoms with Gasteiger partial charge in [-0.1, -0.05) is 42.5 Å². The van der Waals surface area contributed by atoms with Crippen molar-refractivity contribution in [1.82, 2.24) is 20.3 Å². The van der Waals surface area contributed by atoms with Gasteiger partial charge in [0.25, 0.3) is 5.69 Å². The first-order valence-electron chi connectivity index (χ1n) is 13.1. The molecule has 0 atom stereocenters. The number of non-ortho nitro benzene ring substituents is 1. The van der Waals surface area contributed by atoms with Crippen molar-refractivity contribution in [2.75, 3.05) is 6.54 Å². The fourth-order valence-electron chi connectivity index (χ4n) is 4.50. The van der Waals surface area contributed by atoms with Crippen molar-refractivity contribution >= 4 is 46.0 Å². The molecule has 0 aliphatic heterocycles. The molecule has 10 nitrogen and oxygen atoms in total. The lowest BCUT2D eigenvalue weighted by molar-refractivity contribution is -0.384. The molecular formula is C31H28N6O4. The van der Waals surface area contributed by atoms with Gasteiger partial charge in [-0.3, -0.25) is 14.9 Å². The molecule has 2 aromatic heterocycles. The number of rotatable bonds is 10. The molecule has 1 amide bonds. The number of hydrogen-bond donors (Lipinski definition) is 4. The second-order valence-corrected chi connectivity index (χ2v) is 9.51. The number of H-pyrrole nitrogens is 2. The third kappa shape index (κ3) is 6.56. The van der Waals surface area contributed by atoms with E-state index in [1.54, 1.807) is 18.6 Å². The molecule has 2 heterocycles. The van der Waals surface area contributed by atoms with Crippen LogP contribution in [0.15, 0.2) is 84.2 Å². The van der Waals surface area contributed by atoms with E-state index < -0.39 is 4.92 Å². The standard InChI is InChI=1S/C31H28N6O4/c1-20(38)33-16-2-3-21-4-9-23(10-5-21)30(29-27-17-26(37(40)41)14-15-28(27)36-31(29)39)35-24-11-6-22(7-12-24)8-13-25-18-32-19-34-25/h4-15,17-19,36,39H,2-3,16H2,1H3,(H,32,34)(H,33,38). The van der Waals surface area contributed by atoms with E-state index in [-0.39, 0.29) is 17.5 Å². The molecule has 5 rings (SSSR count). The van der Waals surface area contributed by atoms with E-state index in [0.29, 0.717) is 34.4 Å². The molecule has 0 radical (unpaired) electrons. The number of carbonyl (C=O) groups excluding carboxylic acids is 1. The first-order valence-corrected chi connectivity index (χ1v) is 13.1. The van der Waals surface area contributed by atoms with Gasteiger partial charge < -0.3 is 20.4 Å². The number of aromatic nitrogens is 3. The van der Waals surface area contributed by atoms with Crippen molar-refractivity contribution in [3.63, 3.8) is 0 Å². The Balaban J connectivity index is 1.52. The lowest BCUT2D eigenvalue weighted by Crippen LogP contribution is -2.21. The lowest BCUT2D eigenvalue weighted by atomic mass is 9.98. The Morgan fingerprint density at radius 3 is 2.56 bits per heavy atom. The van der Waals surface area contributed by atoms with Gasteiger partial charge in [0.1, 0.15) is 0 Å². The zero-order chi connectivity index (χ0) is 28.8. The summed E-state index contributed by atoms with van der Waals surface area (Å²) < 4.78 is 0. The van der Waals surface area contributed by atoms with Crippen LogP contribution in [-0.2, 0) is 11.2 Å². The number of amides is 1. The number of benzene rings is 3. The van der Waals surface area contributed by atoms with Crippen LogP contribution in [0.5, 0.6) is 5.88 Å². The predicted octanol–water partition coefficient (Wildman–Crippen LogP) is 5.91. The number of aromatic amines is 2. The number of aromatic hydroxyl groups is 1. The zero-order valence-electron chi connectivity index (χ0n) is 22.3. The van der Waals surface area contributed by atoms with Crippen molar-refractivity contribution < 1.29 is 14.8 Å². The average molecular weight is 549 g/mol. The second kappa shape index (κ2) is 12.1. The molecule has 0 saturated heterocycles. The van der Waals surface area contributed by atoms with E-state index >= 15 is 0 Å². The Labute approximate surface area is 235 Å². The van der Waals surface area contributed by atoms with Gasteiger partial charge in [0.2, 0.25) is 5.91 Å². The summed E-state index contributed by atoms with van der Waals surface area (Å²) in [5.41, 5.74) is 5.66. The van der Waals surface area contributed by atoms with Gasteiger partial charge in [-0.2, -0.15) is 0 Å². The van der Waals surface area contributed by atoms with E-state index in [4.69, 9.17) is 4.99 Å². The fraction of sp³-hybridized carbons (Fsp3) is 0.129. The van der Waals surface area contributed by atoms with E-state index in [9.17, 15) is 20.0 Å².